The highest BCUT2D eigenvalue weighted by Crippen LogP contribution is 2.18. The van der Waals surface area contributed by atoms with Crippen LogP contribution in [0.4, 0.5) is 0 Å². The predicted octanol–water partition coefficient (Wildman–Crippen LogP) is 4.89. The van der Waals surface area contributed by atoms with E-state index in [1.54, 1.807) is 0 Å². The Hall–Kier alpha value is -3.20. The molecule has 3 nitrogen and oxygen atoms in total. The third-order valence-corrected chi connectivity index (χ3v) is 4.62. The van der Waals surface area contributed by atoms with Crippen molar-refractivity contribution in [3.63, 3.8) is 0 Å². The molecule has 2 heterocycles. The van der Waals surface area contributed by atoms with Crippen LogP contribution < -0.4 is 0 Å². The van der Waals surface area contributed by atoms with E-state index in [1.165, 1.54) is 16.8 Å². The molecule has 0 spiro atoms. The van der Waals surface area contributed by atoms with Gasteiger partial charge < -0.3 is 4.57 Å². The number of benzene rings is 2. The Kier molecular flexibility index (Phi) is 4.61. The molecule has 2 aromatic heterocycles. The largest absolute Gasteiger partial charge is 0.330 e. The maximum absolute atomic E-state index is 4.63. The second-order valence-electron chi connectivity index (χ2n) is 6.48. The number of imidazole rings is 1. The van der Waals surface area contributed by atoms with Crippen molar-refractivity contribution in [3.05, 3.63) is 108 Å². The van der Waals surface area contributed by atoms with Gasteiger partial charge in [0.05, 0.1) is 24.3 Å². The van der Waals surface area contributed by atoms with E-state index in [0.29, 0.717) is 0 Å². The first kappa shape index (κ1) is 16.3. The second kappa shape index (κ2) is 7.36. The lowest BCUT2D eigenvalue weighted by molar-refractivity contribution is 0.748. The third-order valence-electron chi connectivity index (χ3n) is 4.62. The quantitative estimate of drug-likeness (QED) is 0.518. The van der Waals surface area contributed by atoms with Gasteiger partial charge in [-0.2, -0.15) is 0 Å². The zero-order chi connectivity index (χ0) is 17.8. The number of aryl methyl sites for hydroxylation is 1. The van der Waals surface area contributed by atoms with Crippen LogP contribution in [0.5, 0.6) is 0 Å². The van der Waals surface area contributed by atoms with E-state index in [9.17, 15) is 0 Å². The number of aromatic nitrogens is 3. The summed E-state index contributed by atoms with van der Waals surface area (Å²) in [6, 6.07) is 25.0. The summed E-state index contributed by atoms with van der Waals surface area (Å²) in [7, 11) is 0. The molecule has 0 bridgehead atoms. The van der Waals surface area contributed by atoms with Crippen LogP contribution >= 0.6 is 0 Å². The van der Waals surface area contributed by atoms with E-state index in [-0.39, 0.29) is 0 Å². The van der Waals surface area contributed by atoms with Gasteiger partial charge in [-0.3, -0.25) is 4.98 Å². The monoisotopic (exact) mass is 339 g/mol. The molecule has 0 atom stereocenters. The lowest BCUT2D eigenvalue weighted by atomic mass is 10.1. The molecule has 0 unspecified atom stereocenters. The fourth-order valence-electron chi connectivity index (χ4n) is 3.16. The Balaban J connectivity index is 1.54. The molecule has 0 fully saturated rings. The van der Waals surface area contributed by atoms with Gasteiger partial charge in [0, 0.05) is 23.9 Å². The van der Waals surface area contributed by atoms with E-state index in [0.717, 1.165) is 29.9 Å². The van der Waals surface area contributed by atoms with Gasteiger partial charge in [-0.25, -0.2) is 4.98 Å². The van der Waals surface area contributed by atoms with Crippen LogP contribution in [0, 0.1) is 6.92 Å². The molecule has 3 heteroatoms. The minimum atomic E-state index is 0.783. The molecular formula is C23H21N3. The first-order valence-electron chi connectivity index (χ1n) is 8.84. The average molecular weight is 339 g/mol. The normalized spacial score (nSPS) is 10.8. The highest BCUT2D eigenvalue weighted by Gasteiger charge is 2.09. The summed E-state index contributed by atoms with van der Waals surface area (Å²) >= 11 is 0. The van der Waals surface area contributed by atoms with E-state index >= 15 is 0 Å². The van der Waals surface area contributed by atoms with Gasteiger partial charge in [0.25, 0.3) is 0 Å². The molecule has 0 radical (unpaired) electrons. The van der Waals surface area contributed by atoms with Crippen LogP contribution in [0.3, 0.4) is 0 Å². The van der Waals surface area contributed by atoms with E-state index in [1.807, 2.05) is 36.8 Å². The number of rotatable bonds is 5. The fraction of sp³-hybridized carbons (Fsp3) is 0.130. The summed E-state index contributed by atoms with van der Waals surface area (Å²) in [5, 5.41) is 0. The Bertz CT molecular complexity index is 971. The minimum Gasteiger partial charge on any atom is -0.330 e. The fourth-order valence-corrected chi connectivity index (χ4v) is 3.16. The molecule has 26 heavy (non-hydrogen) atoms. The van der Waals surface area contributed by atoms with E-state index < -0.39 is 0 Å². The number of hydrogen-bond donors (Lipinski definition) is 0. The van der Waals surface area contributed by atoms with Crippen LogP contribution in [0.25, 0.3) is 11.3 Å². The van der Waals surface area contributed by atoms with E-state index in [2.05, 4.69) is 70.0 Å². The van der Waals surface area contributed by atoms with Crippen molar-refractivity contribution in [3.8, 4) is 11.3 Å². The van der Waals surface area contributed by atoms with Crippen molar-refractivity contribution in [1.82, 2.24) is 14.5 Å². The van der Waals surface area contributed by atoms with Gasteiger partial charge in [0.15, 0.2) is 0 Å². The lowest BCUT2D eigenvalue weighted by Gasteiger charge is -2.10. The zero-order valence-electron chi connectivity index (χ0n) is 14.8. The summed E-state index contributed by atoms with van der Waals surface area (Å²) in [6.45, 7) is 2.86. The third kappa shape index (κ3) is 3.57. The first-order chi connectivity index (χ1) is 12.8. The van der Waals surface area contributed by atoms with Crippen molar-refractivity contribution in [2.24, 2.45) is 0 Å². The van der Waals surface area contributed by atoms with Gasteiger partial charge >= 0.3 is 0 Å². The highest BCUT2D eigenvalue weighted by atomic mass is 15.1. The second-order valence-corrected chi connectivity index (χ2v) is 6.48. The minimum absolute atomic E-state index is 0.783. The maximum atomic E-state index is 4.63. The van der Waals surface area contributed by atoms with E-state index in [4.69, 9.17) is 0 Å². The van der Waals surface area contributed by atoms with Crippen LogP contribution in [-0.2, 0) is 13.0 Å². The molecule has 0 aliphatic carbocycles. The molecule has 4 rings (SSSR count). The van der Waals surface area contributed by atoms with Crippen molar-refractivity contribution < 1.29 is 0 Å². The van der Waals surface area contributed by atoms with Crippen LogP contribution in [0.15, 0.2) is 85.3 Å². The predicted molar refractivity (Wildman–Crippen MR) is 105 cm³/mol. The molecule has 0 aliphatic rings. The Morgan fingerprint density at radius 2 is 1.50 bits per heavy atom. The van der Waals surface area contributed by atoms with Gasteiger partial charge in [-0.1, -0.05) is 66.7 Å². The molecule has 2 aromatic carbocycles. The van der Waals surface area contributed by atoms with Crippen LogP contribution in [0.2, 0.25) is 0 Å². The van der Waals surface area contributed by atoms with Gasteiger partial charge in [0.2, 0.25) is 0 Å². The summed E-state index contributed by atoms with van der Waals surface area (Å²) in [5.74, 6) is 0. The highest BCUT2D eigenvalue weighted by molar-refractivity contribution is 5.58. The molecule has 0 saturated heterocycles. The molecule has 128 valence electrons. The molecular weight excluding hydrogens is 318 g/mol. The number of hydrogen-bond acceptors (Lipinski definition) is 2. The molecule has 0 N–H and O–H groups in total. The van der Waals surface area contributed by atoms with Crippen molar-refractivity contribution >= 4 is 0 Å². The molecule has 0 aliphatic heterocycles. The summed E-state index contributed by atoms with van der Waals surface area (Å²) in [6.07, 6.45) is 4.78. The first-order valence-corrected chi connectivity index (χ1v) is 8.84. The van der Waals surface area contributed by atoms with Gasteiger partial charge in [-0.15, -0.1) is 0 Å². The smallest absolute Gasteiger partial charge is 0.0954 e. The zero-order valence-corrected chi connectivity index (χ0v) is 14.8. The van der Waals surface area contributed by atoms with Crippen molar-refractivity contribution in [1.29, 1.82) is 0 Å². The van der Waals surface area contributed by atoms with Gasteiger partial charge in [-0.05, 0) is 24.1 Å². The standard InChI is InChI=1S/C23H21N3/c1-18-23(14-19-8-4-2-5-9-19)26(17-25-18)16-20-12-13-22(24-15-20)21-10-6-3-7-11-21/h2-13,15,17H,14,16H2,1H3. The Labute approximate surface area is 154 Å². The van der Waals surface area contributed by atoms with Gasteiger partial charge in [0.1, 0.15) is 0 Å². The summed E-state index contributed by atoms with van der Waals surface area (Å²) < 4.78 is 2.22. The summed E-state index contributed by atoms with van der Waals surface area (Å²) in [5.41, 5.74) is 6.96. The van der Waals surface area contributed by atoms with Crippen molar-refractivity contribution in [2.45, 2.75) is 19.9 Å². The number of nitrogens with zero attached hydrogens (tertiary/aromatic N) is 3. The SMILES string of the molecule is Cc1ncn(Cc2ccc(-c3ccccc3)nc2)c1Cc1ccccc1. The van der Waals surface area contributed by atoms with Crippen LogP contribution in [-0.4, -0.2) is 14.5 Å². The maximum Gasteiger partial charge on any atom is 0.0954 e. The Morgan fingerprint density at radius 3 is 2.19 bits per heavy atom. The summed E-state index contributed by atoms with van der Waals surface area (Å²) in [4.78, 5) is 9.15. The van der Waals surface area contributed by atoms with Crippen LogP contribution in [0.1, 0.15) is 22.5 Å². The molecule has 0 amide bonds. The average Bonchev–Trinajstić information content (AvgIpc) is 3.03. The molecule has 0 saturated carbocycles. The lowest BCUT2D eigenvalue weighted by Crippen LogP contribution is -2.05. The topological polar surface area (TPSA) is 30.7 Å². The number of pyridine rings is 1. The Morgan fingerprint density at radius 1 is 0.769 bits per heavy atom. The molecule has 4 aromatic rings. The van der Waals surface area contributed by atoms with Crippen molar-refractivity contribution in [2.75, 3.05) is 0 Å².